The summed E-state index contributed by atoms with van der Waals surface area (Å²) in [6.45, 7) is 3.68. The predicted molar refractivity (Wildman–Crippen MR) is 90.1 cm³/mol. The molecule has 4 nitrogen and oxygen atoms in total. The van der Waals surface area contributed by atoms with Crippen LogP contribution in [0.25, 0.3) is 11.3 Å². The molecule has 1 atom stereocenters. The number of aromatic amines is 1. The van der Waals surface area contributed by atoms with Crippen LogP contribution >= 0.6 is 0 Å². The van der Waals surface area contributed by atoms with Gasteiger partial charge in [-0.25, -0.2) is 0 Å². The molecule has 4 rings (SSSR count). The number of benzene rings is 1. The van der Waals surface area contributed by atoms with Crippen molar-refractivity contribution in [3.8, 4) is 11.3 Å². The van der Waals surface area contributed by atoms with E-state index in [1.54, 1.807) is 0 Å². The number of carbonyl (C=O) groups excluding carboxylic acids is 1. The summed E-state index contributed by atoms with van der Waals surface area (Å²) in [4.78, 5) is 18.1. The minimum Gasteiger partial charge on any atom is -0.351 e. The highest BCUT2D eigenvalue weighted by Gasteiger charge is 2.28. The molecule has 0 spiro atoms. The van der Waals surface area contributed by atoms with Crippen LogP contribution in [0.5, 0.6) is 0 Å². The van der Waals surface area contributed by atoms with Crippen molar-refractivity contribution in [1.82, 2.24) is 14.5 Å². The van der Waals surface area contributed by atoms with Crippen LogP contribution < -0.4 is 0 Å². The molecule has 0 saturated carbocycles. The fourth-order valence-electron chi connectivity index (χ4n) is 3.32. The van der Waals surface area contributed by atoms with E-state index in [1.807, 2.05) is 53.4 Å². The van der Waals surface area contributed by atoms with Gasteiger partial charge in [0.1, 0.15) is 5.69 Å². The summed E-state index contributed by atoms with van der Waals surface area (Å²) in [6, 6.07) is 18.1. The number of H-pyrrole nitrogens is 1. The molecule has 0 saturated heterocycles. The lowest BCUT2D eigenvalue weighted by Crippen LogP contribution is -2.40. The molecule has 0 fully saturated rings. The van der Waals surface area contributed by atoms with Gasteiger partial charge in [0.05, 0.1) is 6.04 Å². The van der Waals surface area contributed by atoms with E-state index < -0.39 is 0 Å². The Bertz CT molecular complexity index is 831. The van der Waals surface area contributed by atoms with E-state index >= 15 is 0 Å². The molecule has 3 aromatic rings. The standard InChI is InChI=1S/C19H19N3O/c1-14-18-8-5-11-21(18)12-13-22(14)19(23)17-10-9-16(20-17)15-6-3-2-4-7-15/h2-11,14,20H,12-13H2,1H3. The third-order valence-electron chi connectivity index (χ3n) is 4.60. The van der Waals surface area contributed by atoms with E-state index in [0.717, 1.165) is 24.3 Å². The van der Waals surface area contributed by atoms with Gasteiger partial charge in [0.2, 0.25) is 0 Å². The van der Waals surface area contributed by atoms with Gasteiger partial charge in [0.15, 0.2) is 0 Å². The van der Waals surface area contributed by atoms with Crippen LogP contribution in [-0.2, 0) is 6.54 Å². The largest absolute Gasteiger partial charge is 0.351 e. The number of nitrogens with zero attached hydrogens (tertiary/aromatic N) is 2. The van der Waals surface area contributed by atoms with Crippen LogP contribution in [0.3, 0.4) is 0 Å². The molecule has 1 aliphatic heterocycles. The lowest BCUT2D eigenvalue weighted by Gasteiger charge is -2.34. The topological polar surface area (TPSA) is 41.0 Å². The minimum absolute atomic E-state index is 0.0622. The predicted octanol–water partition coefficient (Wildman–Crippen LogP) is 3.70. The molecular formula is C19H19N3O. The zero-order chi connectivity index (χ0) is 15.8. The maximum atomic E-state index is 12.9. The highest BCUT2D eigenvalue weighted by Crippen LogP contribution is 2.27. The number of hydrogen-bond acceptors (Lipinski definition) is 1. The monoisotopic (exact) mass is 305 g/mol. The Morgan fingerprint density at radius 2 is 1.87 bits per heavy atom. The number of rotatable bonds is 2. The third-order valence-corrected chi connectivity index (χ3v) is 4.60. The average molecular weight is 305 g/mol. The summed E-state index contributed by atoms with van der Waals surface area (Å²) in [5.74, 6) is 0.0622. The highest BCUT2D eigenvalue weighted by atomic mass is 16.2. The van der Waals surface area contributed by atoms with Crippen LogP contribution in [0.1, 0.15) is 29.1 Å². The lowest BCUT2D eigenvalue weighted by atomic mass is 10.1. The first-order valence-corrected chi connectivity index (χ1v) is 7.94. The van der Waals surface area contributed by atoms with Crippen molar-refractivity contribution in [2.75, 3.05) is 6.54 Å². The maximum Gasteiger partial charge on any atom is 0.270 e. The van der Waals surface area contributed by atoms with Gasteiger partial charge in [-0.05, 0) is 36.8 Å². The highest BCUT2D eigenvalue weighted by molar-refractivity contribution is 5.93. The van der Waals surface area contributed by atoms with Gasteiger partial charge in [-0.3, -0.25) is 4.79 Å². The minimum atomic E-state index is 0.0622. The summed E-state index contributed by atoms with van der Waals surface area (Å²) in [5, 5.41) is 0. The second-order valence-corrected chi connectivity index (χ2v) is 5.95. The van der Waals surface area contributed by atoms with Gasteiger partial charge in [0.25, 0.3) is 5.91 Å². The van der Waals surface area contributed by atoms with Crippen LogP contribution in [-0.4, -0.2) is 26.9 Å². The van der Waals surface area contributed by atoms with Crippen molar-refractivity contribution in [3.63, 3.8) is 0 Å². The quantitative estimate of drug-likeness (QED) is 0.770. The van der Waals surface area contributed by atoms with E-state index in [4.69, 9.17) is 0 Å². The first kappa shape index (κ1) is 13.9. The molecule has 0 aliphatic carbocycles. The van der Waals surface area contributed by atoms with Gasteiger partial charge >= 0.3 is 0 Å². The van der Waals surface area contributed by atoms with E-state index in [9.17, 15) is 4.79 Å². The van der Waals surface area contributed by atoms with Crippen molar-refractivity contribution >= 4 is 5.91 Å². The first-order valence-electron chi connectivity index (χ1n) is 7.94. The van der Waals surface area contributed by atoms with E-state index in [2.05, 4.69) is 28.7 Å². The molecule has 2 aromatic heterocycles. The van der Waals surface area contributed by atoms with Crippen molar-refractivity contribution in [3.05, 3.63) is 72.2 Å². The van der Waals surface area contributed by atoms with Gasteiger partial charge in [-0.1, -0.05) is 30.3 Å². The molecule has 1 amide bonds. The normalized spacial score (nSPS) is 17.1. The van der Waals surface area contributed by atoms with Gasteiger partial charge in [-0.15, -0.1) is 0 Å². The van der Waals surface area contributed by atoms with E-state index in [0.29, 0.717) is 5.69 Å². The number of nitrogens with one attached hydrogen (secondary N) is 1. The Hall–Kier alpha value is -2.75. The summed E-state index contributed by atoms with van der Waals surface area (Å²) >= 11 is 0. The zero-order valence-corrected chi connectivity index (χ0v) is 13.1. The summed E-state index contributed by atoms with van der Waals surface area (Å²) in [5.41, 5.74) is 3.91. The van der Waals surface area contributed by atoms with Crippen molar-refractivity contribution in [2.45, 2.75) is 19.5 Å². The molecule has 1 N–H and O–H groups in total. The second kappa shape index (κ2) is 5.47. The van der Waals surface area contributed by atoms with E-state index in [-0.39, 0.29) is 11.9 Å². The molecule has 1 aliphatic rings. The second-order valence-electron chi connectivity index (χ2n) is 5.95. The number of amides is 1. The smallest absolute Gasteiger partial charge is 0.270 e. The number of carbonyl (C=O) groups is 1. The van der Waals surface area contributed by atoms with Crippen molar-refractivity contribution < 1.29 is 4.79 Å². The summed E-state index contributed by atoms with van der Waals surface area (Å²) < 4.78 is 2.22. The van der Waals surface area contributed by atoms with Gasteiger partial charge in [0, 0.05) is 30.7 Å². The fraction of sp³-hybridized carbons (Fsp3) is 0.211. The Balaban J connectivity index is 1.60. The van der Waals surface area contributed by atoms with Gasteiger partial charge in [-0.2, -0.15) is 0 Å². The molecule has 4 heteroatoms. The summed E-state index contributed by atoms with van der Waals surface area (Å²) in [7, 11) is 0. The van der Waals surface area contributed by atoms with Gasteiger partial charge < -0.3 is 14.5 Å². The summed E-state index contributed by atoms with van der Waals surface area (Å²) in [6.07, 6.45) is 2.08. The molecule has 23 heavy (non-hydrogen) atoms. The third kappa shape index (κ3) is 2.36. The Morgan fingerprint density at radius 3 is 2.70 bits per heavy atom. The van der Waals surface area contributed by atoms with E-state index in [1.165, 1.54) is 5.69 Å². The molecule has 1 aromatic carbocycles. The van der Waals surface area contributed by atoms with Crippen LogP contribution in [0, 0.1) is 0 Å². The Morgan fingerprint density at radius 1 is 1.04 bits per heavy atom. The number of fused-ring (bicyclic) bond motifs is 1. The Labute approximate surface area is 135 Å². The maximum absolute atomic E-state index is 12.9. The molecule has 0 bridgehead atoms. The molecular weight excluding hydrogens is 286 g/mol. The fourth-order valence-corrected chi connectivity index (χ4v) is 3.32. The van der Waals surface area contributed by atoms with Crippen molar-refractivity contribution in [1.29, 1.82) is 0 Å². The zero-order valence-electron chi connectivity index (χ0n) is 13.1. The molecule has 3 heterocycles. The molecule has 116 valence electrons. The average Bonchev–Trinajstić information content (AvgIpc) is 3.25. The SMILES string of the molecule is CC1c2cccn2CCN1C(=O)c1ccc(-c2ccccc2)[nH]1. The van der Waals surface area contributed by atoms with Crippen LogP contribution in [0.15, 0.2) is 60.8 Å². The van der Waals surface area contributed by atoms with Crippen LogP contribution in [0.2, 0.25) is 0 Å². The number of hydrogen-bond donors (Lipinski definition) is 1. The lowest BCUT2D eigenvalue weighted by molar-refractivity contribution is 0.0638. The Kier molecular flexibility index (Phi) is 3.30. The van der Waals surface area contributed by atoms with Crippen LogP contribution in [0.4, 0.5) is 0 Å². The van der Waals surface area contributed by atoms with Crippen molar-refractivity contribution in [2.24, 2.45) is 0 Å². The molecule has 1 unspecified atom stereocenters. The number of aromatic nitrogens is 2. The molecule has 0 radical (unpaired) electrons. The first-order chi connectivity index (χ1) is 11.2.